The maximum Gasteiger partial charge on any atom is 0.409 e. The molecule has 1 N–H and O–H groups in total. The number of likely N-dealkylation sites (N-methyl/N-ethyl adjacent to an activating group) is 1. The number of rotatable bonds is 1. The van der Waals surface area contributed by atoms with Crippen molar-refractivity contribution in [1.82, 2.24) is 4.90 Å². The number of nitrogens with zero attached hydrogens (tertiary/aromatic N) is 1. The maximum atomic E-state index is 11.1. The minimum Gasteiger partial charge on any atom is -0.465 e. The Kier molecular flexibility index (Phi) is 2.17. The molecule has 1 rings (SSSR count). The van der Waals surface area contributed by atoms with Crippen molar-refractivity contribution in [3.63, 3.8) is 0 Å². The van der Waals surface area contributed by atoms with Gasteiger partial charge < -0.3 is 14.6 Å². The third kappa shape index (κ3) is 1.89. The molecule has 0 radical (unpaired) electrons. The molecule has 13 heavy (non-hydrogen) atoms. The van der Waals surface area contributed by atoms with Crippen molar-refractivity contribution >= 4 is 12.1 Å². The number of esters is 1. The van der Waals surface area contributed by atoms with Crippen LogP contribution in [0.15, 0.2) is 0 Å². The Morgan fingerprint density at radius 2 is 2.15 bits per heavy atom. The van der Waals surface area contributed by atoms with Crippen LogP contribution in [0, 0.1) is 0 Å². The van der Waals surface area contributed by atoms with Crippen molar-refractivity contribution in [2.45, 2.75) is 25.9 Å². The highest BCUT2D eigenvalue weighted by atomic mass is 16.8. The van der Waals surface area contributed by atoms with Crippen LogP contribution in [-0.2, 0) is 14.3 Å². The van der Waals surface area contributed by atoms with E-state index in [1.165, 1.54) is 7.05 Å². The largest absolute Gasteiger partial charge is 0.465 e. The molecule has 0 bridgehead atoms. The van der Waals surface area contributed by atoms with Crippen LogP contribution in [0.5, 0.6) is 0 Å². The van der Waals surface area contributed by atoms with Gasteiger partial charge in [0.05, 0.1) is 0 Å². The lowest BCUT2D eigenvalue weighted by Crippen LogP contribution is -2.40. The molecule has 6 heteroatoms. The summed E-state index contributed by atoms with van der Waals surface area (Å²) >= 11 is 0. The van der Waals surface area contributed by atoms with Crippen molar-refractivity contribution in [3.05, 3.63) is 0 Å². The van der Waals surface area contributed by atoms with Gasteiger partial charge in [0.2, 0.25) is 12.0 Å². The first kappa shape index (κ1) is 9.79. The van der Waals surface area contributed by atoms with Gasteiger partial charge in [-0.2, -0.15) is 0 Å². The fraction of sp³-hybridized carbons (Fsp3) is 0.714. The average molecular weight is 189 g/mol. The molecule has 0 aliphatic carbocycles. The summed E-state index contributed by atoms with van der Waals surface area (Å²) in [6.45, 7) is 3.08. The average Bonchev–Trinajstić information content (AvgIpc) is 2.22. The molecule has 1 amide bonds. The first-order chi connectivity index (χ1) is 5.83. The molecule has 74 valence electrons. The highest BCUT2D eigenvalue weighted by Gasteiger charge is 2.44. The highest BCUT2D eigenvalue weighted by Crippen LogP contribution is 2.24. The number of ether oxygens (including phenoxy) is 2. The zero-order chi connectivity index (χ0) is 10.2. The third-order valence-corrected chi connectivity index (χ3v) is 1.60. The van der Waals surface area contributed by atoms with Gasteiger partial charge in [0.15, 0.2) is 0 Å². The van der Waals surface area contributed by atoms with Crippen LogP contribution in [0.1, 0.15) is 13.8 Å². The van der Waals surface area contributed by atoms with Crippen LogP contribution >= 0.6 is 0 Å². The van der Waals surface area contributed by atoms with Gasteiger partial charge in [-0.15, -0.1) is 0 Å². The second kappa shape index (κ2) is 2.88. The van der Waals surface area contributed by atoms with Gasteiger partial charge >= 0.3 is 12.1 Å². The van der Waals surface area contributed by atoms with Crippen LogP contribution in [0.4, 0.5) is 4.79 Å². The first-order valence-corrected chi connectivity index (χ1v) is 3.70. The van der Waals surface area contributed by atoms with Crippen LogP contribution < -0.4 is 0 Å². The number of hydrogen-bond donors (Lipinski definition) is 1. The molecule has 0 spiro atoms. The molecule has 0 saturated carbocycles. The predicted molar refractivity (Wildman–Crippen MR) is 40.8 cm³/mol. The fourth-order valence-electron chi connectivity index (χ4n) is 0.971. The third-order valence-electron chi connectivity index (χ3n) is 1.60. The van der Waals surface area contributed by atoms with E-state index < -0.39 is 24.1 Å². The van der Waals surface area contributed by atoms with E-state index in [0.717, 1.165) is 4.90 Å². The van der Waals surface area contributed by atoms with E-state index in [0.29, 0.717) is 0 Å². The number of carbonyl (C=O) groups excluding carboxylic acids is 1. The zero-order valence-corrected chi connectivity index (χ0v) is 7.60. The van der Waals surface area contributed by atoms with Gasteiger partial charge in [-0.05, 0) is 0 Å². The second-order valence-electron chi connectivity index (χ2n) is 3.18. The molecule has 1 aliphatic rings. The lowest BCUT2D eigenvalue weighted by molar-refractivity contribution is -0.163. The van der Waals surface area contributed by atoms with E-state index in [1.54, 1.807) is 13.8 Å². The van der Waals surface area contributed by atoms with Gasteiger partial charge in [0, 0.05) is 20.9 Å². The Morgan fingerprint density at radius 3 is 2.46 bits per heavy atom. The molecule has 0 aromatic heterocycles. The number of hydrogen-bond acceptors (Lipinski definition) is 4. The second-order valence-corrected chi connectivity index (χ2v) is 3.18. The summed E-state index contributed by atoms with van der Waals surface area (Å²) in [5.74, 6) is -1.74. The van der Waals surface area contributed by atoms with Crippen LogP contribution in [-0.4, -0.2) is 41.1 Å². The first-order valence-electron chi connectivity index (χ1n) is 3.70. The zero-order valence-electron chi connectivity index (χ0n) is 7.60. The SMILES string of the molecule is CN(C(=O)O)[C@@H]1OC(C)(C)OC1=O. The summed E-state index contributed by atoms with van der Waals surface area (Å²) in [6.07, 6.45) is -2.40. The van der Waals surface area contributed by atoms with Crippen LogP contribution in [0.3, 0.4) is 0 Å². The van der Waals surface area contributed by atoms with Crippen molar-refractivity contribution in [1.29, 1.82) is 0 Å². The number of cyclic esters (lactones) is 1. The summed E-state index contributed by atoms with van der Waals surface area (Å²) in [7, 11) is 1.25. The van der Waals surface area contributed by atoms with Gasteiger partial charge in [0.25, 0.3) is 0 Å². The van der Waals surface area contributed by atoms with Crippen molar-refractivity contribution in [2.24, 2.45) is 0 Å². The summed E-state index contributed by atoms with van der Waals surface area (Å²) in [6, 6.07) is 0. The topological polar surface area (TPSA) is 76.1 Å². The molecule has 0 aromatic rings. The Morgan fingerprint density at radius 1 is 1.62 bits per heavy atom. The molecule has 6 nitrogen and oxygen atoms in total. The van der Waals surface area contributed by atoms with E-state index in [4.69, 9.17) is 14.6 Å². The van der Waals surface area contributed by atoms with E-state index in [1.807, 2.05) is 0 Å². The van der Waals surface area contributed by atoms with Crippen molar-refractivity contribution in [2.75, 3.05) is 7.05 Å². The Balaban J connectivity index is 2.73. The summed E-state index contributed by atoms with van der Waals surface area (Å²) in [4.78, 5) is 22.3. The lowest BCUT2D eigenvalue weighted by atomic mass is 10.4. The molecular formula is C7H11NO5. The summed E-state index contributed by atoms with van der Waals surface area (Å²) in [5, 5.41) is 8.57. The molecule has 1 heterocycles. The van der Waals surface area contributed by atoms with Gasteiger partial charge in [-0.3, -0.25) is 4.90 Å². The number of carbonyl (C=O) groups is 2. The van der Waals surface area contributed by atoms with Gasteiger partial charge in [0.1, 0.15) is 0 Å². The Labute approximate surface area is 75.0 Å². The van der Waals surface area contributed by atoms with E-state index in [-0.39, 0.29) is 0 Å². The standard InChI is InChI=1S/C7H11NO5/c1-7(2)12-4(5(9)13-7)8(3)6(10)11/h4H,1-3H3,(H,10,11)/t4-/m1/s1. The highest BCUT2D eigenvalue weighted by molar-refractivity contribution is 5.80. The van der Waals surface area contributed by atoms with E-state index in [9.17, 15) is 9.59 Å². The molecule has 0 aromatic carbocycles. The normalized spacial score (nSPS) is 25.5. The molecule has 1 fully saturated rings. The Hall–Kier alpha value is -1.30. The molecule has 1 saturated heterocycles. The van der Waals surface area contributed by atoms with Crippen LogP contribution in [0.2, 0.25) is 0 Å². The monoisotopic (exact) mass is 189 g/mol. The van der Waals surface area contributed by atoms with Crippen molar-refractivity contribution < 1.29 is 24.2 Å². The summed E-state index contributed by atoms with van der Waals surface area (Å²) in [5.41, 5.74) is 0. The molecule has 0 unspecified atom stereocenters. The summed E-state index contributed by atoms with van der Waals surface area (Å²) < 4.78 is 9.82. The minimum atomic E-state index is -1.24. The molecule has 1 aliphatic heterocycles. The van der Waals surface area contributed by atoms with Gasteiger partial charge in [-0.25, -0.2) is 9.59 Å². The predicted octanol–water partition coefficient (Wildman–Crippen LogP) is 0.232. The Bertz CT molecular complexity index is 249. The molecule has 1 atom stereocenters. The molecular weight excluding hydrogens is 178 g/mol. The lowest BCUT2D eigenvalue weighted by Gasteiger charge is -2.19. The van der Waals surface area contributed by atoms with E-state index in [2.05, 4.69) is 0 Å². The van der Waals surface area contributed by atoms with E-state index >= 15 is 0 Å². The van der Waals surface area contributed by atoms with Crippen LogP contribution in [0.25, 0.3) is 0 Å². The maximum absolute atomic E-state index is 11.1. The quantitative estimate of drug-likeness (QED) is 0.597. The minimum absolute atomic E-state index is 0.685. The fourth-order valence-corrected chi connectivity index (χ4v) is 0.971. The van der Waals surface area contributed by atoms with Gasteiger partial charge in [-0.1, -0.05) is 0 Å². The van der Waals surface area contributed by atoms with Crippen molar-refractivity contribution in [3.8, 4) is 0 Å². The number of carboxylic acid groups (broad SMARTS) is 1. The number of amides is 1. The smallest absolute Gasteiger partial charge is 0.409 e.